The fraction of sp³-hybridized carbons (Fsp3) is 0.848. The molecule has 1 saturated carbocycles. The summed E-state index contributed by atoms with van der Waals surface area (Å²) in [7, 11) is 0. The maximum absolute atomic E-state index is 11.0. The lowest BCUT2D eigenvalue weighted by Crippen LogP contribution is -2.32. The Labute approximate surface area is 263 Å². The number of carbonyl (C=O) groups excluding carboxylic acids is 1. The van der Waals surface area contributed by atoms with Crippen LogP contribution in [0.25, 0.3) is 0 Å². The van der Waals surface area contributed by atoms with Gasteiger partial charge in [-0.25, -0.2) is 0 Å². The Morgan fingerprint density at radius 3 is 1.61 bits per heavy atom. The Balaban J connectivity index is 2.18. The van der Waals surface area contributed by atoms with Crippen LogP contribution in [0.15, 0.2) is 24.3 Å². The number of hydrogen-bond acceptors (Lipinski definition) is 11. The third-order valence-electron chi connectivity index (χ3n) is 8.01. The van der Waals surface area contributed by atoms with Crippen molar-refractivity contribution < 1.29 is 50.8 Å². The van der Waals surface area contributed by atoms with Gasteiger partial charge in [-0.2, -0.15) is 0 Å². The summed E-state index contributed by atoms with van der Waals surface area (Å²) in [6.07, 6.45) is 6.01. The SMILES string of the molecule is CC(=O)CC(O)CC(O)CC(O)/C=C/CC(O)CC(O)CC(O)CC(O)/C=C/CC(O)CC(O)CCCNC1CCCCC1. The number of aliphatic hydroxyl groups excluding tert-OH is 9. The highest BCUT2D eigenvalue weighted by Gasteiger charge is 2.19. The van der Waals surface area contributed by atoms with Gasteiger partial charge in [0.05, 0.1) is 54.9 Å². The van der Waals surface area contributed by atoms with Crippen molar-refractivity contribution in [3.63, 3.8) is 0 Å². The zero-order valence-corrected chi connectivity index (χ0v) is 26.5. The van der Waals surface area contributed by atoms with E-state index >= 15 is 0 Å². The topological polar surface area (TPSA) is 211 Å². The molecule has 0 amide bonds. The second-order valence-corrected chi connectivity index (χ2v) is 12.8. The molecule has 9 unspecified atom stereocenters. The van der Waals surface area contributed by atoms with Gasteiger partial charge >= 0.3 is 0 Å². The van der Waals surface area contributed by atoms with E-state index in [1.54, 1.807) is 6.08 Å². The molecule has 0 aromatic carbocycles. The quantitative estimate of drug-likeness (QED) is 0.0510. The second kappa shape index (κ2) is 24.0. The first kappa shape index (κ1) is 40.8. The van der Waals surface area contributed by atoms with Crippen LogP contribution in [0.2, 0.25) is 0 Å². The monoisotopic (exact) mass is 631 g/mol. The van der Waals surface area contributed by atoms with Gasteiger partial charge in [0, 0.05) is 25.3 Å². The van der Waals surface area contributed by atoms with Crippen LogP contribution in [0.5, 0.6) is 0 Å². The second-order valence-electron chi connectivity index (χ2n) is 12.8. The highest BCUT2D eigenvalue weighted by molar-refractivity contribution is 5.75. The third-order valence-corrected chi connectivity index (χ3v) is 8.01. The number of rotatable bonds is 25. The highest BCUT2D eigenvalue weighted by Crippen LogP contribution is 2.18. The van der Waals surface area contributed by atoms with E-state index in [1.807, 2.05) is 0 Å². The molecule has 0 aromatic heterocycles. The van der Waals surface area contributed by atoms with Crippen LogP contribution in [0.1, 0.15) is 110 Å². The van der Waals surface area contributed by atoms with Crippen molar-refractivity contribution in [2.45, 2.75) is 171 Å². The van der Waals surface area contributed by atoms with Crippen LogP contribution in [0.3, 0.4) is 0 Å². The minimum absolute atomic E-state index is 0.0194. The standard InChI is InChI=1S/C33H61NO10/c1-23(35)16-30(41)21-31(42)18-26(37)12-6-13-28(39)20-33(44)22-32(43)19-27(38)11-5-10-25(36)17-29(40)14-7-15-34-24-8-3-2-4-9-24/h5-6,11-12,24-34,36-44H,2-4,7-10,13-22H2,1H3/b11-5+,12-6+. The van der Waals surface area contributed by atoms with Gasteiger partial charge in [-0.15, -0.1) is 0 Å². The molecule has 0 heterocycles. The van der Waals surface area contributed by atoms with Gasteiger partial charge < -0.3 is 51.3 Å². The minimum atomic E-state index is -1.01. The summed E-state index contributed by atoms with van der Waals surface area (Å²) in [6.45, 7) is 2.21. The Morgan fingerprint density at radius 1 is 0.636 bits per heavy atom. The molecule has 44 heavy (non-hydrogen) atoms. The van der Waals surface area contributed by atoms with Crippen LogP contribution in [0, 0.1) is 0 Å². The molecule has 1 rings (SSSR count). The smallest absolute Gasteiger partial charge is 0.132 e. The predicted octanol–water partition coefficient (Wildman–Crippen LogP) is 1.15. The van der Waals surface area contributed by atoms with Gasteiger partial charge in [0.1, 0.15) is 5.78 Å². The summed E-state index contributed by atoms with van der Waals surface area (Å²) < 4.78 is 0. The Bertz CT molecular complexity index is 791. The van der Waals surface area contributed by atoms with E-state index < -0.39 is 54.9 Å². The predicted molar refractivity (Wildman–Crippen MR) is 169 cm³/mol. The molecule has 0 saturated heterocycles. The van der Waals surface area contributed by atoms with E-state index in [9.17, 15) is 50.8 Å². The van der Waals surface area contributed by atoms with Crippen molar-refractivity contribution >= 4 is 5.78 Å². The molecular weight excluding hydrogens is 570 g/mol. The molecule has 9 atom stereocenters. The molecule has 258 valence electrons. The molecule has 0 radical (unpaired) electrons. The maximum atomic E-state index is 11.0. The number of hydrogen-bond donors (Lipinski definition) is 10. The average molecular weight is 632 g/mol. The lowest BCUT2D eigenvalue weighted by Gasteiger charge is -2.23. The van der Waals surface area contributed by atoms with Crippen molar-refractivity contribution in [3.05, 3.63) is 24.3 Å². The molecule has 0 bridgehead atoms. The van der Waals surface area contributed by atoms with Crippen molar-refractivity contribution in [1.29, 1.82) is 0 Å². The first-order chi connectivity index (χ1) is 20.8. The van der Waals surface area contributed by atoms with Crippen LogP contribution in [0.4, 0.5) is 0 Å². The van der Waals surface area contributed by atoms with Crippen LogP contribution >= 0.6 is 0 Å². The molecule has 11 nitrogen and oxygen atoms in total. The lowest BCUT2D eigenvalue weighted by atomic mass is 9.95. The van der Waals surface area contributed by atoms with Crippen molar-refractivity contribution in [1.82, 2.24) is 5.32 Å². The number of nitrogens with one attached hydrogen (secondary N) is 1. The highest BCUT2D eigenvalue weighted by atomic mass is 16.3. The fourth-order valence-corrected chi connectivity index (χ4v) is 5.72. The van der Waals surface area contributed by atoms with Crippen molar-refractivity contribution in [2.75, 3.05) is 6.54 Å². The summed E-state index contributed by atoms with van der Waals surface area (Å²) >= 11 is 0. The number of aliphatic hydroxyl groups is 9. The Hall–Kier alpha value is -1.25. The zero-order valence-electron chi connectivity index (χ0n) is 26.5. The number of carbonyl (C=O) groups is 1. The summed E-state index contributed by atoms with van der Waals surface area (Å²) in [5.41, 5.74) is 0. The average Bonchev–Trinajstić information content (AvgIpc) is 2.90. The maximum Gasteiger partial charge on any atom is 0.132 e. The Kier molecular flexibility index (Phi) is 22.2. The summed E-state index contributed by atoms with van der Waals surface area (Å²) in [5, 5.41) is 94.4. The first-order valence-corrected chi connectivity index (χ1v) is 16.5. The van der Waals surface area contributed by atoms with Gasteiger partial charge in [-0.3, -0.25) is 4.79 Å². The van der Waals surface area contributed by atoms with E-state index in [4.69, 9.17) is 0 Å². The van der Waals surface area contributed by atoms with Gasteiger partial charge in [0.2, 0.25) is 0 Å². The molecule has 0 aliphatic heterocycles. The van der Waals surface area contributed by atoms with E-state index in [2.05, 4.69) is 5.32 Å². The molecule has 1 fully saturated rings. The van der Waals surface area contributed by atoms with Gasteiger partial charge in [-0.05, 0) is 77.7 Å². The number of ketones is 1. The lowest BCUT2D eigenvalue weighted by molar-refractivity contribution is -0.119. The molecule has 1 aliphatic rings. The zero-order chi connectivity index (χ0) is 32.9. The van der Waals surface area contributed by atoms with E-state index in [1.165, 1.54) is 57.3 Å². The van der Waals surface area contributed by atoms with Crippen LogP contribution in [-0.4, -0.2) is 119 Å². The molecule has 0 spiro atoms. The molecular formula is C33H61NO10. The summed E-state index contributed by atoms with van der Waals surface area (Å²) in [6, 6.07) is 0.590. The van der Waals surface area contributed by atoms with Crippen molar-refractivity contribution in [3.8, 4) is 0 Å². The minimum Gasteiger partial charge on any atom is -0.393 e. The number of Topliss-reactive ketones (excluding diaryl/α,β-unsaturated/α-hetero) is 1. The largest absolute Gasteiger partial charge is 0.393 e. The normalized spacial score (nSPS) is 21.1. The molecule has 11 heteroatoms. The van der Waals surface area contributed by atoms with Gasteiger partial charge in [0.25, 0.3) is 0 Å². The van der Waals surface area contributed by atoms with Crippen molar-refractivity contribution in [2.24, 2.45) is 0 Å². The Morgan fingerprint density at radius 2 is 1.09 bits per heavy atom. The molecule has 1 aliphatic carbocycles. The van der Waals surface area contributed by atoms with Crippen LogP contribution in [-0.2, 0) is 4.79 Å². The van der Waals surface area contributed by atoms with Gasteiger partial charge in [-0.1, -0.05) is 43.6 Å². The van der Waals surface area contributed by atoms with Crippen LogP contribution < -0.4 is 5.32 Å². The van der Waals surface area contributed by atoms with E-state index in [0.29, 0.717) is 12.5 Å². The van der Waals surface area contributed by atoms with Gasteiger partial charge in [0.15, 0.2) is 0 Å². The third kappa shape index (κ3) is 22.3. The van der Waals surface area contributed by atoms with E-state index in [0.717, 1.165) is 13.0 Å². The molecule has 0 aromatic rings. The molecule has 10 N–H and O–H groups in total. The summed E-state index contributed by atoms with van der Waals surface area (Å²) in [4.78, 5) is 11.0. The summed E-state index contributed by atoms with van der Waals surface area (Å²) in [5.74, 6) is -0.190. The fourth-order valence-electron chi connectivity index (χ4n) is 5.72. The first-order valence-electron chi connectivity index (χ1n) is 16.5. The van der Waals surface area contributed by atoms with E-state index in [-0.39, 0.29) is 63.6 Å².